The summed E-state index contributed by atoms with van der Waals surface area (Å²) in [5, 5.41) is 0. The van der Waals surface area contributed by atoms with Crippen LogP contribution in [0.4, 0.5) is 17.1 Å². The highest BCUT2D eigenvalue weighted by molar-refractivity contribution is 7.17. The lowest BCUT2D eigenvalue weighted by atomic mass is 9.69. The highest BCUT2D eigenvalue weighted by Crippen LogP contribution is 2.64. The van der Waals surface area contributed by atoms with E-state index in [1.54, 1.807) is 0 Å². The van der Waals surface area contributed by atoms with Crippen molar-refractivity contribution < 1.29 is 4.79 Å². The summed E-state index contributed by atoms with van der Waals surface area (Å²) in [6.45, 7) is 16.1. The fourth-order valence-corrected chi connectivity index (χ4v) is 12.8. The molecule has 1 aromatic heterocycles. The first-order chi connectivity index (χ1) is 31.1. The summed E-state index contributed by atoms with van der Waals surface area (Å²) in [5.74, 6) is 0. The number of nitrogens with zero attached hydrogens (tertiary/aromatic N) is 1. The molecule has 0 fully saturated rings. The summed E-state index contributed by atoms with van der Waals surface area (Å²) in [5.41, 5.74) is 23.9. The number of carbonyl (C=O) groups excluding carboxylic acids is 1. The molecule has 1 atom stereocenters. The van der Waals surface area contributed by atoms with Gasteiger partial charge in [0.1, 0.15) is 0 Å². The standard InChI is InChI=1S/C61H47NOS/c1-7-15-42-45-18-11-14-21-53(45)61(50(42)8-2)56-32-37(58-31-26-41(36-63)64-58)22-27-48(56)49-30-25-40(35-57(49)61)62(38-23-28-46-43-16-9-12-19-51(43)59(3,4)54(46)33-38)39-24-29-47-44-17-10-13-20-52(44)60(5,6)55(47)34-39/h7-36H,2H2,1,3-6H3/b15-7-. The van der Waals surface area contributed by atoms with Crippen LogP contribution in [0, 0.1) is 0 Å². The molecular formula is C61H47NOS. The van der Waals surface area contributed by atoms with Crippen LogP contribution < -0.4 is 4.90 Å². The van der Waals surface area contributed by atoms with Crippen molar-refractivity contribution in [2.45, 2.75) is 50.9 Å². The topological polar surface area (TPSA) is 20.3 Å². The molecule has 3 heteroatoms. The Morgan fingerprint density at radius 2 is 0.969 bits per heavy atom. The summed E-state index contributed by atoms with van der Waals surface area (Å²) >= 11 is 1.54. The van der Waals surface area contributed by atoms with Gasteiger partial charge in [0.25, 0.3) is 0 Å². The number of aldehydes is 1. The van der Waals surface area contributed by atoms with Gasteiger partial charge in [-0.3, -0.25) is 4.79 Å². The lowest BCUT2D eigenvalue weighted by molar-refractivity contribution is 0.112. The molecule has 4 aliphatic carbocycles. The van der Waals surface area contributed by atoms with E-state index in [9.17, 15) is 4.79 Å². The third-order valence-electron chi connectivity index (χ3n) is 14.9. The van der Waals surface area contributed by atoms with Gasteiger partial charge in [0, 0.05) is 32.8 Å². The van der Waals surface area contributed by atoms with E-state index in [-0.39, 0.29) is 10.8 Å². The zero-order valence-electron chi connectivity index (χ0n) is 36.8. The maximum Gasteiger partial charge on any atom is 0.160 e. The molecule has 4 aliphatic rings. The first-order valence-corrected chi connectivity index (χ1v) is 23.2. The Bertz CT molecular complexity index is 3300. The predicted octanol–water partition coefficient (Wildman–Crippen LogP) is 16.2. The fraction of sp³-hybridized carbons (Fsp3) is 0.131. The number of fused-ring (bicyclic) bond motifs is 13. The molecule has 1 unspecified atom stereocenters. The smallest absolute Gasteiger partial charge is 0.160 e. The lowest BCUT2D eigenvalue weighted by Gasteiger charge is -2.33. The van der Waals surface area contributed by atoms with E-state index in [1.807, 2.05) is 6.07 Å². The fourth-order valence-electron chi connectivity index (χ4n) is 12.0. The molecule has 0 radical (unpaired) electrons. The van der Waals surface area contributed by atoms with Crippen LogP contribution in [-0.4, -0.2) is 6.29 Å². The van der Waals surface area contributed by atoms with E-state index in [0.29, 0.717) is 0 Å². The minimum atomic E-state index is -0.635. The second-order valence-corrected chi connectivity index (χ2v) is 19.9. The molecule has 7 aromatic carbocycles. The highest BCUT2D eigenvalue weighted by Gasteiger charge is 2.52. The van der Waals surface area contributed by atoms with Crippen LogP contribution in [0.25, 0.3) is 49.4 Å². The van der Waals surface area contributed by atoms with Crippen molar-refractivity contribution in [2.75, 3.05) is 4.90 Å². The van der Waals surface area contributed by atoms with Crippen LogP contribution in [0.3, 0.4) is 0 Å². The first kappa shape index (κ1) is 38.6. The molecule has 0 aliphatic heterocycles. The van der Waals surface area contributed by atoms with Crippen molar-refractivity contribution in [3.8, 4) is 43.8 Å². The first-order valence-electron chi connectivity index (χ1n) is 22.3. The summed E-state index contributed by atoms with van der Waals surface area (Å²) in [4.78, 5) is 16.2. The third-order valence-corrected chi connectivity index (χ3v) is 16.0. The monoisotopic (exact) mass is 841 g/mol. The van der Waals surface area contributed by atoms with Gasteiger partial charge in [-0.2, -0.15) is 0 Å². The molecule has 2 nitrogen and oxygen atoms in total. The Balaban J connectivity index is 1.13. The molecule has 0 saturated heterocycles. The molecule has 0 bridgehead atoms. The van der Waals surface area contributed by atoms with Crippen LogP contribution in [-0.2, 0) is 16.2 Å². The van der Waals surface area contributed by atoms with E-state index < -0.39 is 5.41 Å². The van der Waals surface area contributed by atoms with Crippen molar-refractivity contribution in [3.63, 3.8) is 0 Å². The number of anilines is 3. The van der Waals surface area contributed by atoms with Crippen molar-refractivity contribution in [2.24, 2.45) is 0 Å². The minimum absolute atomic E-state index is 0.161. The Morgan fingerprint density at radius 3 is 1.50 bits per heavy atom. The Hall–Kier alpha value is -7.07. The number of hydrogen-bond acceptors (Lipinski definition) is 3. The van der Waals surface area contributed by atoms with Gasteiger partial charge < -0.3 is 4.90 Å². The lowest BCUT2D eigenvalue weighted by Crippen LogP contribution is -2.27. The van der Waals surface area contributed by atoms with Gasteiger partial charge in [0.2, 0.25) is 0 Å². The average Bonchev–Trinajstić information content (AvgIpc) is 4.09. The van der Waals surface area contributed by atoms with Gasteiger partial charge in [-0.05, 0) is 156 Å². The molecule has 0 amide bonds. The van der Waals surface area contributed by atoms with Crippen molar-refractivity contribution in [3.05, 3.63) is 237 Å². The largest absolute Gasteiger partial charge is 0.310 e. The highest BCUT2D eigenvalue weighted by atomic mass is 32.1. The quantitative estimate of drug-likeness (QED) is 0.149. The Labute approximate surface area is 380 Å². The maximum absolute atomic E-state index is 11.9. The number of benzene rings is 7. The average molecular weight is 842 g/mol. The molecule has 1 spiro atoms. The van der Waals surface area contributed by atoms with E-state index in [4.69, 9.17) is 0 Å². The number of rotatable bonds is 7. The van der Waals surface area contributed by atoms with Crippen molar-refractivity contribution in [1.82, 2.24) is 0 Å². The van der Waals surface area contributed by atoms with Gasteiger partial charge in [-0.1, -0.05) is 156 Å². The second-order valence-electron chi connectivity index (χ2n) is 18.8. The van der Waals surface area contributed by atoms with E-state index >= 15 is 0 Å². The van der Waals surface area contributed by atoms with Gasteiger partial charge >= 0.3 is 0 Å². The summed E-state index contributed by atoms with van der Waals surface area (Å²) in [7, 11) is 0. The van der Waals surface area contributed by atoms with Crippen LogP contribution in [0.15, 0.2) is 188 Å². The van der Waals surface area contributed by atoms with Gasteiger partial charge in [0.15, 0.2) is 6.29 Å². The normalized spacial score (nSPS) is 17.5. The number of thiophene rings is 1. The minimum Gasteiger partial charge on any atom is -0.310 e. The third kappa shape index (κ3) is 5.05. The predicted molar refractivity (Wildman–Crippen MR) is 269 cm³/mol. The summed E-state index contributed by atoms with van der Waals surface area (Å²) in [6.07, 6.45) is 7.45. The second kappa shape index (κ2) is 13.7. The van der Waals surface area contributed by atoms with Crippen molar-refractivity contribution in [1.29, 1.82) is 0 Å². The number of allylic oxidation sites excluding steroid dienone is 5. The molecular weight excluding hydrogens is 795 g/mol. The summed E-state index contributed by atoms with van der Waals surface area (Å²) < 4.78 is 0. The van der Waals surface area contributed by atoms with E-state index in [2.05, 4.69) is 216 Å². The Morgan fingerprint density at radius 1 is 0.500 bits per heavy atom. The van der Waals surface area contributed by atoms with Crippen LogP contribution >= 0.6 is 11.3 Å². The summed E-state index contributed by atoms with van der Waals surface area (Å²) in [6, 6.07) is 59.0. The number of carbonyl (C=O) groups is 1. The zero-order chi connectivity index (χ0) is 43.7. The van der Waals surface area contributed by atoms with Crippen LogP contribution in [0.2, 0.25) is 0 Å². The van der Waals surface area contributed by atoms with Gasteiger partial charge in [-0.15, -0.1) is 11.3 Å². The van der Waals surface area contributed by atoms with Gasteiger partial charge in [-0.25, -0.2) is 0 Å². The van der Waals surface area contributed by atoms with Crippen molar-refractivity contribution >= 4 is 40.3 Å². The molecule has 64 heavy (non-hydrogen) atoms. The van der Waals surface area contributed by atoms with E-state index in [1.165, 1.54) is 100 Å². The van der Waals surface area contributed by atoms with Crippen LogP contribution in [0.1, 0.15) is 88.8 Å². The number of hydrogen-bond donors (Lipinski definition) is 0. The maximum atomic E-state index is 11.9. The molecule has 1 heterocycles. The molecule has 308 valence electrons. The zero-order valence-corrected chi connectivity index (χ0v) is 37.6. The van der Waals surface area contributed by atoms with Gasteiger partial charge in [0.05, 0.1) is 10.3 Å². The molecule has 0 saturated carbocycles. The molecule has 12 rings (SSSR count). The SMILES string of the molecule is C=CC1=C(/C=C\C)c2ccccc2C12c1cc(-c3ccc(C=O)s3)ccc1-c1ccc(N(c3ccc4c(c3)C(C)(C)c3ccccc3-4)c3ccc4c(c3)C(C)(C)c3ccccc3-4)cc12. The van der Waals surface area contributed by atoms with E-state index in [0.717, 1.165) is 38.7 Å². The molecule has 0 N–H and O–H groups in total. The van der Waals surface area contributed by atoms with Crippen LogP contribution in [0.5, 0.6) is 0 Å². The molecule has 8 aromatic rings. The Kier molecular flexibility index (Phi) is 8.27.